The van der Waals surface area contributed by atoms with Crippen LogP contribution in [-0.2, 0) is 11.3 Å². The van der Waals surface area contributed by atoms with E-state index in [-0.39, 0.29) is 5.91 Å². The smallest absolute Gasteiger partial charge is 0.253 e. The van der Waals surface area contributed by atoms with Gasteiger partial charge in [0.25, 0.3) is 5.91 Å². The number of methoxy groups -OCH3 is 1. The van der Waals surface area contributed by atoms with Crippen LogP contribution in [0.4, 0.5) is 0 Å². The Morgan fingerprint density at radius 3 is 2.33 bits per heavy atom. The average molecular weight is 445 g/mol. The van der Waals surface area contributed by atoms with E-state index in [1.807, 2.05) is 55.1 Å². The zero-order valence-corrected chi connectivity index (χ0v) is 19.7. The van der Waals surface area contributed by atoms with E-state index >= 15 is 0 Å². The first-order valence-electron chi connectivity index (χ1n) is 11.7. The second-order valence-electron chi connectivity index (χ2n) is 8.55. The molecule has 2 heterocycles. The monoisotopic (exact) mass is 444 g/mol. The van der Waals surface area contributed by atoms with Gasteiger partial charge in [0.2, 0.25) is 0 Å². The molecule has 0 bridgehead atoms. The fourth-order valence-corrected chi connectivity index (χ4v) is 4.38. The number of hydrogen-bond donors (Lipinski definition) is 0. The summed E-state index contributed by atoms with van der Waals surface area (Å²) in [6.45, 7) is 6.79. The van der Waals surface area contributed by atoms with Crippen LogP contribution in [0.1, 0.15) is 53.0 Å². The Hall–Kier alpha value is -3.18. The van der Waals surface area contributed by atoms with Crippen molar-refractivity contribution in [3.8, 4) is 16.9 Å². The Kier molecular flexibility index (Phi) is 7.40. The van der Waals surface area contributed by atoms with Gasteiger partial charge in [0.15, 0.2) is 0 Å². The number of aromatic nitrogens is 1. The number of carbonyl (C=O) groups excluding carboxylic acids is 1. The number of pyridine rings is 1. The van der Waals surface area contributed by atoms with E-state index in [1.54, 1.807) is 7.11 Å². The number of likely N-dealkylation sites (tertiary alicyclic amines) is 1. The minimum absolute atomic E-state index is 0.104. The van der Waals surface area contributed by atoms with Gasteiger partial charge in [0.1, 0.15) is 5.75 Å². The third-order valence-electron chi connectivity index (χ3n) is 6.27. The van der Waals surface area contributed by atoms with Crippen LogP contribution in [0.3, 0.4) is 0 Å². The van der Waals surface area contributed by atoms with Gasteiger partial charge >= 0.3 is 0 Å². The van der Waals surface area contributed by atoms with Gasteiger partial charge < -0.3 is 14.4 Å². The van der Waals surface area contributed by atoms with Crippen LogP contribution < -0.4 is 4.74 Å². The van der Waals surface area contributed by atoms with Crippen LogP contribution in [0.25, 0.3) is 11.1 Å². The Labute approximate surface area is 196 Å². The van der Waals surface area contributed by atoms with Crippen molar-refractivity contribution in [1.29, 1.82) is 0 Å². The van der Waals surface area contributed by atoms with Crippen LogP contribution in [0.2, 0.25) is 0 Å². The van der Waals surface area contributed by atoms with E-state index in [0.717, 1.165) is 59.8 Å². The second kappa shape index (κ2) is 10.6. The zero-order valence-electron chi connectivity index (χ0n) is 19.7. The summed E-state index contributed by atoms with van der Waals surface area (Å²) in [5.41, 5.74) is 6.29. The van der Waals surface area contributed by atoms with Gasteiger partial charge in [0.05, 0.1) is 13.7 Å². The molecular formula is C28H32N2O3. The van der Waals surface area contributed by atoms with E-state index in [0.29, 0.717) is 19.1 Å². The predicted molar refractivity (Wildman–Crippen MR) is 131 cm³/mol. The highest BCUT2D eigenvalue weighted by molar-refractivity contribution is 5.94. The molecule has 0 saturated carbocycles. The summed E-state index contributed by atoms with van der Waals surface area (Å²) in [6.07, 6.45) is 1.85. The van der Waals surface area contributed by atoms with Crippen molar-refractivity contribution in [2.45, 2.75) is 39.2 Å². The normalized spacial score (nSPS) is 14.3. The lowest BCUT2D eigenvalue weighted by Gasteiger charge is -2.32. The topological polar surface area (TPSA) is 51.7 Å². The predicted octanol–water partition coefficient (Wildman–Crippen LogP) is 5.62. The average Bonchev–Trinajstić information content (AvgIpc) is 2.87. The number of hydrogen-bond acceptors (Lipinski definition) is 4. The minimum atomic E-state index is 0.104. The summed E-state index contributed by atoms with van der Waals surface area (Å²) in [6, 6.07) is 20.2. The van der Waals surface area contributed by atoms with Crippen LogP contribution in [0.5, 0.6) is 5.75 Å². The highest BCUT2D eigenvalue weighted by Crippen LogP contribution is 2.31. The molecule has 1 aliphatic rings. The summed E-state index contributed by atoms with van der Waals surface area (Å²) < 4.78 is 10.7. The molecule has 0 spiro atoms. The van der Waals surface area contributed by atoms with Crippen molar-refractivity contribution >= 4 is 5.91 Å². The van der Waals surface area contributed by atoms with Crippen molar-refractivity contribution in [2.24, 2.45) is 0 Å². The van der Waals surface area contributed by atoms with Crippen LogP contribution >= 0.6 is 0 Å². The van der Waals surface area contributed by atoms with Gasteiger partial charge in [-0.3, -0.25) is 9.78 Å². The molecule has 1 saturated heterocycles. The van der Waals surface area contributed by atoms with Gasteiger partial charge in [-0.25, -0.2) is 0 Å². The molecule has 172 valence electrons. The number of amides is 1. The van der Waals surface area contributed by atoms with Crippen LogP contribution in [-0.4, -0.2) is 42.6 Å². The quantitative estimate of drug-likeness (QED) is 0.474. The van der Waals surface area contributed by atoms with Gasteiger partial charge in [-0.05, 0) is 79.8 Å². The van der Waals surface area contributed by atoms with E-state index in [1.165, 1.54) is 5.56 Å². The highest BCUT2D eigenvalue weighted by Gasteiger charge is 2.25. The molecule has 1 amide bonds. The summed E-state index contributed by atoms with van der Waals surface area (Å²) in [5.74, 6) is 1.32. The Balaban J connectivity index is 1.41. The third-order valence-corrected chi connectivity index (χ3v) is 6.27. The van der Waals surface area contributed by atoms with Gasteiger partial charge in [-0.1, -0.05) is 24.3 Å². The van der Waals surface area contributed by atoms with E-state index in [2.05, 4.69) is 24.3 Å². The lowest BCUT2D eigenvalue weighted by Crippen LogP contribution is -2.38. The number of piperidine rings is 1. The molecule has 3 aromatic rings. The molecule has 0 N–H and O–H groups in total. The lowest BCUT2D eigenvalue weighted by molar-refractivity contribution is 0.0712. The van der Waals surface area contributed by atoms with E-state index < -0.39 is 0 Å². The van der Waals surface area contributed by atoms with Crippen molar-refractivity contribution in [1.82, 2.24) is 9.88 Å². The highest BCUT2D eigenvalue weighted by atomic mass is 16.5. The molecule has 0 atom stereocenters. The molecule has 33 heavy (non-hydrogen) atoms. The number of carbonyl (C=O) groups is 1. The molecular weight excluding hydrogens is 412 g/mol. The second-order valence-corrected chi connectivity index (χ2v) is 8.55. The maximum atomic E-state index is 13.0. The zero-order chi connectivity index (χ0) is 23.2. The Morgan fingerprint density at radius 2 is 1.70 bits per heavy atom. The van der Waals surface area contributed by atoms with E-state index in [4.69, 9.17) is 14.5 Å². The molecule has 5 heteroatoms. The molecule has 2 aromatic carbocycles. The SMILES string of the molecule is CCOCc1ccc(C(=O)N2CCC(c3cc(-c4ccc(OC)cc4)cc(C)n3)CC2)cc1. The number of aryl methyl sites for hydroxylation is 1. The number of nitrogens with zero attached hydrogens (tertiary/aromatic N) is 2. The molecule has 0 unspecified atom stereocenters. The standard InChI is InChI=1S/C28H32N2O3/c1-4-33-19-21-5-7-24(8-6-21)28(31)30-15-13-23(14-16-30)27-18-25(17-20(2)29-27)22-9-11-26(32-3)12-10-22/h5-12,17-18,23H,4,13-16,19H2,1-3H3. The summed E-state index contributed by atoms with van der Waals surface area (Å²) in [7, 11) is 1.68. The fourth-order valence-electron chi connectivity index (χ4n) is 4.38. The largest absolute Gasteiger partial charge is 0.497 e. The number of ether oxygens (including phenoxy) is 2. The molecule has 4 rings (SSSR count). The fraction of sp³-hybridized carbons (Fsp3) is 0.357. The van der Waals surface area contributed by atoms with Crippen molar-refractivity contribution in [3.63, 3.8) is 0 Å². The molecule has 1 fully saturated rings. The first-order valence-corrected chi connectivity index (χ1v) is 11.7. The summed E-state index contributed by atoms with van der Waals surface area (Å²) >= 11 is 0. The summed E-state index contributed by atoms with van der Waals surface area (Å²) in [5, 5.41) is 0. The lowest BCUT2D eigenvalue weighted by atomic mass is 9.91. The van der Waals surface area contributed by atoms with Gasteiger partial charge in [0, 0.05) is 42.6 Å². The third kappa shape index (κ3) is 5.60. The van der Waals surface area contributed by atoms with Crippen LogP contribution in [0.15, 0.2) is 60.7 Å². The van der Waals surface area contributed by atoms with Crippen molar-refractivity contribution in [3.05, 3.63) is 83.2 Å². The maximum absolute atomic E-state index is 13.0. The Bertz CT molecular complexity index is 1070. The molecule has 0 aliphatic carbocycles. The minimum Gasteiger partial charge on any atom is -0.497 e. The Morgan fingerprint density at radius 1 is 1.00 bits per heavy atom. The number of benzene rings is 2. The maximum Gasteiger partial charge on any atom is 0.253 e. The van der Waals surface area contributed by atoms with Gasteiger partial charge in [-0.15, -0.1) is 0 Å². The molecule has 5 nitrogen and oxygen atoms in total. The summed E-state index contributed by atoms with van der Waals surface area (Å²) in [4.78, 5) is 19.8. The molecule has 1 aliphatic heterocycles. The van der Waals surface area contributed by atoms with Crippen LogP contribution in [0, 0.1) is 6.92 Å². The van der Waals surface area contributed by atoms with E-state index in [9.17, 15) is 4.79 Å². The first-order chi connectivity index (χ1) is 16.1. The molecule has 0 radical (unpaired) electrons. The first kappa shape index (κ1) is 23.0. The van der Waals surface area contributed by atoms with Crippen molar-refractivity contribution < 1.29 is 14.3 Å². The van der Waals surface area contributed by atoms with Gasteiger partial charge in [-0.2, -0.15) is 0 Å². The van der Waals surface area contributed by atoms with Crippen molar-refractivity contribution in [2.75, 3.05) is 26.8 Å². The number of rotatable bonds is 7. The molecule has 1 aromatic heterocycles.